The molecule has 1 saturated carbocycles. The van der Waals surface area contributed by atoms with Gasteiger partial charge in [-0.2, -0.15) is 0 Å². The van der Waals surface area contributed by atoms with Crippen LogP contribution in [0.25, 0.3) is 0 Å². The van der Waals surface area contributed by atoms with Gasteiger partial charge in [-0.05, 0) is 45.7 Å². The van der Waals surface area contributed by atoms with Crippen molar-refractivity contribution in [3.05, 3.63) is 0 Å². The molecule has 3 rings (SSSR count). The highest BCUT2D eigenvalue weighted by atomic mass is 15.2. The maximum atomic E-state index is 3.81. The van der Waals surface area contributed by atoms with Crippen molar-refractivity contribution in [2.75, 3.05) is 33.2 Å². The summed E-state index contributed by atoms with van der Waals surface area (Å²) in [5, 5.41) is 3.81. The second-order valence-corrected chi connectivity index (χ2v) is 6.16. The van der Waals surface area contributed by atoms with Gasteiger partial charge < -0.3 is 10.2 Å². The molecule has 3 fully saturated rings. The van der Waals surface area contributed by atoms with Crippen molar-refractivity contribution in [3.63, 3.8) is 0 Å². The van der Waals surface area contributed by atoms with E-state index in [9.17, 15) is 0 Å². The Bertz CT molecular complexity index is 252. The van der Waals surface area contributed by atoms with E-state index in [1.54, 1.807) is 0 Å². The number of hydrogen-bond acceptors (Lipinski definition) is 3. The molecule has 2 saturated heterocycles. The molecule has 0 amide bonds. The summed E-state index contributed by atoms with van der Waals surface area (Å²) in [6.45, 7) is 5.10. The predicted molar refractivity (Wildman–Crippen MR) is 71.3 cm³/mol. The molecule has 2 unspecified atom stereocenters. The lowest BCUT2D eigenvalue weighted by Gasteiger charge is -2.33. The van der Waals surface area contributed by atoms with Crippen molar-refractivity contribution in [1.29, 1.82) is 0 Å². The van der Waals surface area contributed by atoms with Crippen molar-refractivity contribution in [3.8, 4) is 0 Å². The lowest BCUT2D eigenvalue weighted by atomic mass is 9.99. The number of hydrogen-bond donors (Lipinski definition) is 1. The van der Waals surface area contributed by atoms with Gasteiger partial charge in [-0.3, -0.25) is 4.90 Å². The van der Waals surface area contributed by atoms with Gasteiger partial charge in [-0.1, -0.05) is 6.42 Å². The Morgan fingerprint density at radius 3 is 2.82 bits per heavy atom. The first kappa shape index (κ1) is 11.9. The fourth-order valence-electron chi connectivity index (χ4n) is 3.61. The van der Waals surface area contributed by atoms with E-state index in [4.69, 9.17) is 0 Å². The molecule has 2 aliphatic heterocycles. The molecule has 98 valence electrons. The van der Waals surface area contributed by atoms with Gasteiger partial charge in [-0.25, -0.2) is 0 Å². The number of nitrogens with one attached hydrogen (secondary N) is 1. The smallest absolute Gasteiger partial charge is 0.0249 e. The lowest BCUT2D eigenvalue weighted by Crippen LogP contribution is -2.46. The van der Waals surface area contributed by atoms with Crippen LogP contribution in [-0.2, 0) is 0 Å². The van der Waals surface area contributed by atoms with Crippen molar-refractivity contribution in [2.24, 2.45) is 0 Å². The third-order valence-electron chi connectivity index (χ3n) is 4.90. The Morgan fingerprint density at radius 1 is 1.12 bits per heavy atom. The largest absolute Gasteiger partial charge is 0.311 e. The first-order valence-electron chi connectivity index (χ1n) is 7.52. The van der Waals surface area contributed by atoms with Crippen LogP contribution in [0.2, 0.25) is 0 Å². The fraction of sp³-hybridized carbons (Fsp3) is 1.00. The number of likely N-dealkylation sites (N-methyl/N-ethyl adjacent to an activating group) is 1. The van der Waals surface area contributed by atoms with Crippen LogP contribution in [0.15, 0.2) is 0 Å². The summed E-state index contributed by atoms with van der Waals surface area (Å²) in [5.74, 6) is 0. The first-order valence-corrected chi connectivity index (χ1v) is 7.52. The molecule has 0 aromatic heterocycles. The van der Waals surface area contributed by atoms with Crippen LogP contribution in [0.4, 0.5) is 0 Å². The number of rotatable bonds is 5. The minimum atomic E-state index is 0.780. The van der Waals surface area contributed by atoms with Gasteiger partial charge in [-0.15, -0.1) is 0 Å². The maximum absolute atomic E-state index is 3.81. The zero-order valence-electron chi connectivity index (χ0n) is 11.2. The minimum Gasteiger partial charge on any atom is -0.311 e. The van der Waals surface area contributed by atoms with Crippen LogP contribution in [0.1, 0.15) is 38.5 Å². The highest BCUT2D eigenvalue weighted by molar-refractivity contribution is 4.94. The van der Waals surface area contributed by atoms with Gasteiger partial charge in [0.05, 0.1) is 0 Å². The number of piperidine rings is 1. The summed E-state index contributed by atoms with van der Waals surface area (Å²) in [4.78, 5) is 5.24. The van der Waals surface area contributed by atoms with Gasteiger partial charge >= 0.3 is 0 Å². The third kappa shape index (κ3) is 2.83. The van der Waals surface area contributed by atoms with E-state index in [2.05, 4.69) is 22.2 Å². The van der Waals surface area contributed by atoms with E-state index in [0.717, 1.165) is 18.1 Å². The highest BCUT2D eigenvalue weighted by Crippen LogP contribution is 2.27. The summed E-state index contributed by atoms with van der Waals surface area (Å²) < 4.78 is 0. The van der Waals surface area contributed by atoms with E-state index in [-0.39, 0.29) is 0 Å². The van der Waals surface area contributed by atoms with Gasteiger partial charge in [0.25, 0.3) is 0 Å². The Labute approximate surface area is 106 Å². The minimum absolute atomic E-state index is 0.780. The Kier molecular flexibility index (Phi) is 3.69. The SMILES string of the molecule is CN(CCNC1CCN2CCCCC12)C1CC1. The molecule has 2 atom stereocenters. The molecule has 3 heteroatoms. The fourth-order valence-corrected chi connectivity index (χ4v) is 3.61. The van der Waals surface area contributed by atoms with E-state index >= 15 is 0 Å². The molecule has 0 radical (unpaired) electrons. The van der Waals surface area contributed by atoms with Crippen molar-refractivity contribution >= 4 is 0 Å². The molecule has 0 bridgehead atoms. The van der Waals surface area contributed by atoms with Crippen LogP contribution >= 0.6 is 0 Å². The lowest BCUT2D eigenvalue weighted by molar-refractivity contribution is 0.179. The molecule has 17 heavy (non-hydrogen) atoms. The average molecular weight is 237 g/mol. The van der Waals surface area contributed by atoms with E-state index in [0.29, 0.717) is 0 Å². The Morgan fingerprint density at radius 2 is 2.00 bits per heavy atom. The quantitative estimate of drug-likeness (QED) is 0.777. The average Bonchev–Trinajstić information content (AvgIpc) is 3.12. The number of fused-ring (bicyclic) bond motifs is 1. The van der Waals surface area contributed by atoms with Gasteiger partial charge in [0.15, 0.2) is 0 Å². The molecule has 1 N–H and O–H groups in total. The van der Waals surface area contributed by atoms with Gasteiger partial charge in [0, 0.05) is 37.8 Å². The second-order valence-electron chi connectivity index (χ2n) is 6.16. The van der Waals surface area contributed by atoms with Crippen molar-refractivity contribution in [2.45, 2.75) is 56.7 Å². The van der Waals surface area contributed by atoms with Crippen LogP contribution in [-0.4, -0.2) is 61.2 Å². The Balaban J connectivity index is 1.39. The van der Waals surface area contributed by atoms with Crippen LogP contribution < -0.4 is 5.32 Å². The van der Waals surface area contributed by atoms with Crippen LogP contribution in [0.5, 0.6) is 0 Å². The van der Waals surface area contributed by atoms with E-state index in [1.165, 1.54) is 64.7 Å². The molecular formula is C14H27N3. The monoisotopic (exact) mass is 237 g/mol. The molecule has 0 aromatic carbocycles. The molecule has 2 heterocycles. The molecule has 1 aliphatic carbocycles. The maximum Gasteiger partial charge on any atom is 0.0249 e. The van der Waals surface area contributed by atoms with E-state index in [1.807, 2.05) is 0 Å². The van der Waals surface area contributed by atoms with Gasteiger partial charge in [0.1, 0.15) is 0 Å². The standard InChI is InChI=1S/C14H27N3/c1-16(12-5-6-12)11-8-15-13-7-10-17-9-3-2-4-14(13)17/h12-15H,2-11H2,1H3. The van der Waals surface area contributed by atoms with Crippen LogP contribution in [0.3, 0.4) is 0 Å². The molecule has 0 aromatic rings. The first-order chi connectivity index (χ1) is 8.34. The Hall–Kier alpha value is -0.120. The molecule has 0 spiro atoms. The molecule has 3 aliphatic rings. The summed E-state index contributed by atoms with van der Waals surface area (Å²) >= 11 is 0. The zero-order chi connectivity index (χ0) is 11.7. The van der Waals surface area contributed by atoms with Crippen LogP contribution in [0, 0.1) is 0 Å². The summed E-state index contributed by atoms with van der Waals surface area (Å²) in [6.07, 6.45) is 8.52. The van der Waals surface area contributed by atoms with E-state index < -0.39 is 0 Å². The second kappa shape index (κ2) is 5.25. The summed E-state index contributed by atoms with van der Waals surface area (Å²) in [6, 6.07) is 2.55. The topological polar surface area (TPSA) is 18.5 Å². The highest BCUT2D eigenvalue weighted by Gasteiger charge is 2.35. The summed E-state index contributed by atoms with van der Waals surface area (Å²) in [5.41, 5.74) is 0. The zero-order valence-corrected chi connectivity index (χ0v) is 11.2. The van der Waals surface area contributed by atoms with Crippen molar-refractivity contribution in [1.82, 2.24) is 15.1 Å². The third-order valence-corrected chi connectivity index (χ3v) is 4.90. The van der Waals surface area contributed by atoms with Gasteiger partial charge in [0.2, 0.25) is 0 Å². The predicted octanol–water partition coefficient (Wildman–Crippen LogP) is 1.30. The van der Waals surface area contributed by atoms with Crippen molar-refractivity contribution < 1.29 is 0 Å². The number of nitrogens with zero attached hydrogens (tertiary/aromatic N) is 2. The normalized spacial score (nSPS) is 34.2. The molecule has 3 nitrogen and oxygen atoms in total. The summed E-state index contributed by atoms with van der Waals surface area (Å²) in [7, 11) is 2.28. The molecular weight excluding hydrogens is 210 g/mol.